The van der Waals surface area contributed by atoms with Crippen LogP contribution in [0, 0.1) is 11.7 Å². The minimum atomic E-state index is -0.0894. The second-order valence-electron chi connectivity index (χ2n) is 6.06. The lowest BCUT2D eigenvalue weighted by atomic mass is 9.89. The van der Waals surface area contributed by atoms with Crippen LogP contribution < -0.4 is 0 Å². The average Bonchev–Trinajstić information content (AvgIpc) is 2.47. The van der Waals surface area contributed by atoms with Gasteiger partial charge < -0.3 is 0 Å². The molecule has 118 valence electrons. The average molecular weight is 290 g/mol. The zero-order chi connectivity index (χ0) is 15.5. The molecule has 0 aliphatic heterocycles. The van der Waals surface area contributed by atoms with Crippen LogP contribution in [0.3, 0.4) is 0 Å². The topological polar surface area (TPSA) is 0 Å². The van der Waals surface area contributed by atoms with E-state index >= 15 is 0 Å². The molecule has 1 rings (SSSR count). The molecule has 0 saturated carbocycles. The van der Waals surface area contributed by atoms with E-state index in [2.05, 4.69) is 19.9 Å². The smallest absolute Gasteiger partial charge is 0.130 e. The molecule has 0 heterocycles. The largest absolute Gasteiger partial charge is 0.206 e. The molecule has 0 bridgehead atoms. The molecule has 1 heteroatoms. The van der Waals surface area contributed by atoms with Crippen molar-refractivity contribution in [3.63, 3.8) is 0 Å². The Kier molecular flexibility index (Phi) is 9.05. The van der Waals surface area contributed by atoms with E-state index in [4.69, 9.17) is 0 Å². The first kappa shape index (κ1) is 17.9. The SMILES string of the molecule is CC=Cc1ccc(CC(CCCC)CCCCC)cc1F. The Balaban J connectivity index is 2.65. The summed E-state index contributed by atoms with van der Waals surface area (Å²) in [6.07, 6.45) is 13.7. The van der Waals surface area contributed by atoms with Crippen molar-refractivity contribution >= 4 is 6.08 Å². The van der Waals surface area contributed by atoms with Gasteiger partial charge in [-0.15, -0.1) is 0 Å². The highest BCUT2D eigenvalue weighted by atomic mass is 19.1. The number of hydrogen-bond donors (Lipinski definition) is 0. The molecule has 0 aromatic heterocycles. The summed E-state index contributed by atoms with van der Waals surface area (Å²) in [5, 5.41) is 0. The van der Waals surface area contributed by atoms with Gasteiger partial charge in [-0.2, -0.15) is 0 Å². The highest BCUT2D eigenvalue weighted by Crippen LogP contribution is 2.23. The third-order valence-corrected chi connectivity index (χ3v) is 4.12. The molecule has 0 N–H and O–H groups in total. The van der Waals surface area contributed by atoms with E-state index in [1.807, 2.05) is 25.1 Å². The lowest BCUT2D eigenvalue weighted by molar-refractivity contribution is 0.412. The Hall–Kier alpha value is -1.11. The fourth-order valence-electron chi connectivity index (χ4n) is 2.87. The molecule has 0 aliphatic carbocycles. The van der Waals surface area contributed by atoms with Crippen molar-refractivity contribution in [2.75, 3.05) is 0 Å². The Morgan fingerprint density at radius 2 is 1.76 bits per heavy atom. The lowest BCUT2D eigenvalue weighted by Gasteiger charge is -2.17. The van der Waals surface area contributed by atoms with E-state index in [0.29, 0.717) is 11.5 Å². The van der Waals surface area contributed by atoms with Gasteiger partial charge in [0.15, 0.2) is 0 Å². The van der Waals surface area contributed by atoms with E-state index in [1.54, 1.807) is 6.07 Å². The van der Waals surface area contributed by atoms with Crippen molar-refractivity contribution in [2.24, 2.45) is 5.92 Å². The minimum Gasteiger partial charge on any atom is -0.206 e. The van der Waals surface area contributed by atoms with Gasteiger partial charge in [-0.05, 0) is 30.9 Å². The van der Waals surface area contributed by atoms with Gasteiger partial charge in [0, 0.05) is 5.56 Å². The summed E-state index contributed by atoms with van der Waals surface area (Å²) >= 11 is 0. The second kappa shape index (κ2) is 10.6. The standard InChI is InChI=1S/C20H31F/c1-4-7-9-12-17(11-8-5-2)15-18-13-14-19(10-6-3)20(21)16-18/h6,10,13-14,16-17H,4-5,7-9,11-12,15H2,1-3H3. The number of rotatable bonds is 10. The fourth-order valence-corrected chi connectivity index (χ4v) is 2.87. The van der Waals surface area contributed by atoms with Crippen LogP contribution in [0.4, 0.5) is 4.39 Å². The quantitative estimate of drug-likeness (QED) is 0.416. The molecule has 0 spiro atoms. The molecular formula is C20H31F. The Morgan fingerprint density at radius 3 is 2.38 bits per heavy atom. The first-order chi connectivity index (χ1) is 10.2. The molecule has 0 aliphatic rings. The van der Waals surface area contributed by atoms with Crippen LogP contribution in [0.15, 0.2) is 24.3 Å². The summed E-state index contributed by atoms with van der Waals surface area (Å²) < 4.78 is 14.0. The van der Waals surface area contributed by atoms with Crippen molar-refractivity contribution < 1.29 is 4.39 Å². The number of benzene rings is 1. The summed E-state index contributed by atoms with van der Waals surface area (Å²) in [5.41, 5.74) is 1.84. The summed E-state index contributed by atoms with van der Waals surface area (Å²) in [7, 11) is 0. The molecular weight excluding hydrogens is 259 g/mol. The van der Waals surface area contributed by atoms with Gasteiger partial charge in [0.05, 0.1) is 0 Å². The molecule has 1 atom stereocenters. The number of allylic oxidation sites excluding steroid dienone is 1. The van der Waals surface area contributed by atoms with Crippen molar-refractivity contribution in [1.29, 1.82) is 0 Å². The van der Waals surface area contributed by atoms with Crippen LogP contribution in [0.25, 0.3) is 6.08 Å². The summed E-state index contributed by atoms with van der Waals surface area (Å²) in [4.78, 5) is 0. The molecule has 0 amide bonds. The Labute approximate surface area is 130 Å². The first-order valence-corrected chi connectivity index (χ1v) is 8.62. The van der Waals surface area contributed by atoms with E-state index in [0.717, 1.165) is 12.0 Å². The van der Waals surface area contributed by atoms with Gasteiger partial charge in [0.25, 0.3) is 0 Å². The molecule has 1 aromatic carbocycles. The van der Waals surface area contributed by atoms with E-state index < -0.39 is 0 Å². The minimum absolute atomic E-state index is 0.0894. The van der Waals surface area contributed by atoms with Crippen molar-refractivity contribution in [3.8, 4) is 0 Å². The normalized spacial score (nSPS) is 13.0. The lowest BCUT2D eigenvalue weighted by Crippen LogP contribution is -2.05. The second-order valence-corrected chi connectivity index (χ2v) is 6.06. The third-order valence-electron chi connectivity index (χ3n) is 4.12. The van der Waals surface area contributed by atoms with Gasteiger partial charge in [-0.3, -0.25) is 0 Å². The van der Waals surface area contributed by atoms with Crippen LogP contribution in [0.5, 0.6) is 0 Å². The van der Waals surface area contributed by atoms with E-state index in [1.165, 1.54) is 44.9 Å². The molecule has 1 unspecified atom stereocenters. The van der Waals surface area contributed by atoms with Crippen LogP contribution in [-0.2, 0) is 6.42 Å². The highest BCUT2D eigenvalue weighted by molar-refractivity contribution is 5.50. The summed E-state index contributed by atoms with van der Waals surface area (Å²) in [6, 6.07) is 5.73. The van der Waals surface area contributed by atoms with E-state index in [9.17, 15) is 4.39 Å². The van der Waals surface area contributed by atoms with Crippen molar-refractivity contribution in [1.82, 2.24) is 0 Å². The van der Waals surface area contributed by atoms with Gasteiger partial charge in [0.1, 0.15) is 5.82 Å². The van der Waals surface area contributed by atoms with Crippen LogP contribution in [0.1, 0.15) is 76.8 Å². The number of unbranched alkanes of at least 4 members (excludes halogenated alkanes) is 3. The number of halogens is 1. The van der Waals surface area contributed by atoms with Crippen molar-refractivity contribution in [2.45, 2.75) is 72.1 Å². The van der Waals surface area contributed by atoms with Gasteiger partial charge >= 0.3 is 0 Å². The van der Waals surface area contributed by atoms with Gasteiger partial charge in [-0.25, -0.2) is 4.39 Å². The van der Waals surface area contributed by atoms with Gasteiger partial charge in [-0.1, -0.05) is 83.1 Å². The Bertz CT molecular complexity index is 420. The highest BCUT2D eigenvalue weighted by Gasteiger charge is 2.10. The summed E-state index contributed by atoms with van der Waals surface area (Å²) in [6.45, 7) is 6.41. The van der Waals surface area contributed by atoms with Crippen LogP contribution >= 0.6 is 0 Å². The van der Waals surface area contributed by atoms with Crippen molar-refractivity contribution in [3.05, 3.63) is 41.2 Å². The molecule has 0 saturated heterocycles. The zero-order valence-electron chi connectivity index (χ0n) is 14.0. The Morgan fingerprint density at radius 1 is 1.05 bits per heavy atom. The maximum Gasteiger partial charge on any atom is 0.130 e. The van der Waals surface area contributed by atoms with Gasteiger partial charge in [0.2, 0.25) is 0 Å². The predicted octanol–water partition coefficient (Wildman–Crippen LogP) is 6.79. The summed E-state index contributed by atoms with van der Waals surface area (Å²) in [5.74, 6) is 0.622. The zero-order valence-corrected chi connectivity index (χ0v) is 14.0. The predicted molar refractivity (Wildman–Crippen MR) is 92.0 cm³/mol. The monoisotopic (exact) mass is 290 g/mol. The maximum atomic E-state index is 14.0. The van der Waals surface area contributed by atoms with Crippen LogP contribution in [-0.4, -0.2) is 0 Å². The first-order valence-electron chi connectivity index (χ1n) is 8.62. The fraction of sp³-hybridized carbons (Fsp3) is 0.600. The molecule has 21 heavy (non-hydrogen) atoms. The molecule has 0 nitrogen and oxygen atoms in total. The molecule has 1 aromatic rings. The molecule has 0 radical (unpaired) electrons. The van der Waals surface area contributed by atoms with Crippen LogP contribution in [0.2, 0.25) is 0 Å². The van der Waals surface area contributed by atoms with E-state index in [-0.39, 0.29) is 5.82 Å². The third kappa shape index (κ3) is 6.93. The maximum absolute atomic E-state index is 14.0. The number of hydrogen-bond acceptors (Lipinski definition) is 0. The molecule has 0 fully saturated rings.